The van der Waals surface area contributed by atoms with Crippen LogP contribution in [0.25, 0.3) is 0 Å². The second kappa shape index (κ2) is 6.54. The molecule has 2 aliphatic rings. The highest BCUT2D eigenvalue weighted by atomic mass is 32.2. The molecule has 0 aromatic carbocycles. The van der Waals surface area contributed by atoms with Gasteiger partial charge in [0.2, 0.25) is 0 Å². The lowest BCUT2D eigenvalue weighted by atomic mass is 10.3. The van der Waals surface area contributed by atoms with Crippen molar-refractivity contribution in [3.8, 4) is 0 Å². The molecule has 0 N–H and O–H groups in total. The van der Waals surface area contributed by atoms with Crippen molar-refractivity contribution in [2.75, 3.05) is 13.1 Å². The Bertz CT molecular complexity index is 511. The fourth-order valence-corrected chi connectivity index (χ4v) is 4.83. The van der Waals surface area contributed by atoms with Crippen LogP contribution in [0.1, 0.15) is 40.5 Å². The quantitative estimate of drug-likeness (QED) is 0.570. The second-order valence-corrected chi connectivity index (χ2v) is 7.65. The number of carbonyl (C=O) groups is 1. The highest BCUT2D eigenvalue weighted by Crippen LogP contribution is 2.47. The van der Waals surface area contributed by atoms with Crippen molar-refractivity contribution in [3.05, 3.63) is 20.5 Å². The molecule has 0 aromatic heterocycles. The second-order valence-electron chi connectivity index (χ2n) is 4.80. The Hall–Kier alpha value is -0.460. The van der Waals surface area contributed by atoms with Crippen molar-refractivity contribution >= 4 is 46.0 Å². The van der Waals surface area contributed by atoms with Crippen LogP contribution in [0.2, 0.25) is 0 Å². The van der Waals surface area contributed by atoms with Crippen molar-refractivity contribution < 1.29 is 4.79 Å². The summed E-state index contributed by atoms with van der Waals surface area (Å²) in [5.74, 6) is 0.0805. The summed E-state index contributed by atoms with van der Waals surface area (Å²) in [6.07, 6.45) is 2.06. The van der Waals surface area contributed by atoms with Crippen LogP contribution in [-0.2, 0) is 4.79 Å². The van der Waals surface area contributed by atoms with E-state index in [1.165, 1.54) is 22.4 Å². The standard InChI is InChI=1S/C14H20N2OS3/c1-5-7-8-16-12(17)11(20-14(16)18)13-15(6-2)9(3)10(4)19-13/h5-8H2,1-4H3/b13-11-. The lowest BCUT2D eigenvalue weighted by Gasteiger charge is -2.20. The lowest BCUT2D eigenvalue weighted by Crippen LogP contribution is -2.29. The maximum Gasteiger partial charge on any atom is 0.268 e. The van der Waals surface area contributed by atoms with E-state index in [4.69, 9.17) is 12.2 Å². The summed E-state index contributed by atoms with van der Waals surface area (Å²) in [6.45, 7) is 10.1. The van der Waals surface area contributed by atoms with Gasteiger partial charge in [0.25, 0.3) is 5.91 Å². The van der Waals surface area contributed by atoms with Crippen LogP contribution in [0.15, 0.2) is 20.5 Å². The van der Waals surface area contributed by atoms with Crippen LogP contribution in [0, 0.1) is 0 Å². The highest BCUT2D eigenvalue weighted by Gasteiger charge is 2.37. The van der Waals surface area contributed by atoms with Gasteiger partial charge in [0.05, 0.1) is 5.03 Å². The monoisotopic (exact) mass is 328 g/mol. The number of allylic oxidation sites excluding steroid dienone is 2. The maximum atomic E-state index is 12.6. The van der Waals surface area contributed by atoms with Crippen molar-refractivity contribution in [1.29, 1.82) is 0 Å². The van der Waals surface area contributed by atoms with E-state index in [1.54, 1.807) is 16.7 Å². The molecule has 0 bridgehead atoms. The predicted molar refractivity (Wildman–Crippen MR) is 92.2 cm³/mol. The SMILES string of the molecule is CCCCN1C(=O)/C(=C2/SC(C)=C(C)N2CC)SC1=S. The molecule has 1 fully saturated rings. The minimum Gasteiger partial charge on any atom is -0.338 e. The Balaban J connectivity index is 2.28. The van der Waals surface area contributed by atoms with Crippen molar-refractivity contribution in [2.45, 2.75) is 40.5 Å². The first-order valence-corrected chi connectivity index (χ1v) is 8.96. The molecular formula is C14H20N2OS3. The van der Waals surface area contributed by atoms with Crippen LogP contribution in [0.4, 0.5) is 0 Å². The van der Waals surface area contributed by atoms with Gasteiger partial charge in [-0.2, -0.15) is 0 Å². The molecule has 0 saturated carbocycles. The van der Waals surface area contributed by atoms with Gasteiger partial charge in [0.15, 0.2) is 0 Å². The highest BCUT2D eigenvalue weighted by molar-refractivity contribution is 8.27. The van der Waals surface area contributed by atoms with E-state index in [2.05, 4.69) is 32.6 Å². The molecule has 6 heteroatoms. The molecule has 0 aliphatic carbocycles. The zero-order chi connectivity index (χ0) is 14.9. The number of hydrogen-bond donors (Lipinski definition) is 0. The molecule has 2 rings (SSSR count). The van der Waals surface area contributed by atoms with Gasteiger partial charge >= 0.3 is 0 Å². The molecule has 0 unspecified atom stereocenters. The van der Waals surface area contributed by atoms with E-state index in [0.717, 1.165) is 35.9 Å². The van der Waals surface area contributed by atoms with Crippen LogP contribution < -0.4 is 0 Å². The zero-order valence-electron chi connectivity index (χ0n) is 12.4. The Morgan fingerprint density at radius 2 is 1.85 bits per heavy atom. The van der Waals surface area contributed by atoms with Gasteiger partial charge in [0.1, 0.15) is 9.23 Å². The number of amides is 1. The van der Waals surface area contributed by atoms with Gasteiger partial charge < -0.3 is 4.90 Å². The smallest absolute Gasteiger partial charge is 0.268 e. The minimum atomic E-state index is 0.0805. The molecule has 0 aromatic rings. The topological polar surface area (TPSA) is 23.6 Å². The van der Waals surface area contributed by atoms with Crippen molar-refractivity contribution in [3.63, 3.8) is 0 Å². The number of carbonyl (C=O) groups excluding carboxylic acids is 1. The van der Waals surface area contributed by atoms with E-state index in [9.17, 15) is 4.79 Å². The molecular weight excluding hydrogens is 308 g/mol. The van der Waals surface area contributed by atoms with Gasteiger partial charge in [-0.15, -0.1) is 0 Å². The molecule has 1 saturated heterocycles. The first-order chi connectivity index (χ1) is 9.51. The lowest BCUT2D eigenvalue weighted by molar-refractivity contribution is -0.122. The third-order valence-corrected chi connectivity index (χ3v) is 6.29. The number of rotatable bonds is 4. The Morgan fingerprint density at radius 1 is 1.15 bits per heavy atom. The van der Waals surface area contributed by atoms with E-state index < -0.39 is 0 Å². The third kappa shape index (κ3) is 2.78. The van der Waals surface area contributed by atoms with Gasteiger partial charge in [-0.3, -0.25) is 9.69 Å². The number of hydrogen-bond acceptors (Lipinski definition) is 5. The summed E-state index contributed by atoms with van der Waals surface area (Å²) in [5, 5.41) is 1.05. The van der Waals surface area contributed by atoms with Crippen molar-refractivity contribution in [2.24, 2.45) is 0 Å². The Kier molecular flexibility index (Phi) is 5.20. The number of thioether (sulfide) groups is 2. The minimum absolute atomic E-state index is 0.0805. The molecule has 0 radical (unpaired) electrons. The molecule has 0 spiro atoms. The third-order valence-electron chi connectivity index (χ3n) is 3.50. The van der Waals surface area contributed by atoms with E-state index >= 15 is 0 Å². The summed E-state index contributed by atoms with van der Waals surface area (Å²) in [7, 11) is 0. The van der Waals surface area contributed by atoms with E-state index in [-0.39, 0.29) is 5.91 Å². The van der Waals surface area contributed by atoms with Crippen LogP contribution in [0.3, 0.4) is 0 Å². The Morgan fingerprint density at radius 3 is 2.45 bits per heavy atom. The molecule has 0 atom stereocenters. The average Bonchev–Trinajstić information content (AvgIpc) is 2.86. The largest absolute Gasteiger partial charge is 0.338 e. The fourth-order valence-electron chi connectivity index (χ4n) is 2.20. The van der Waals surface area contributed by atoms with E-state index in [0.29, 0.717) is 4.32 Å². The summed E-state index contributed by atoms with van der Waals surface area (Å²) < 4.78 is 0.699. The molecule has 1 amide bonds. The summed E-state index contributed by atoms with van der Waals surface area (Å²) in [6, 6.07) is 0. The number of unbranched alkanes of at least 4 members (excludes halogenated alkanes) is 1. The normalized spacial score (nSPS) is 23.6. The summed E-state index contributed by atoms with van der Waals surface area (Å²) >= 11 is 8.51. The van der Waals surface area contributed by atoms with Gasteiger partial charge in [-0.05, 0) is 27.2 Å². The molecule has 110 valence electrons. The zero-order valence-corrected chi connectivity index (χ0v) is 14.8. The summed E-state index contributed by atoms with van der Waals surface area (Å²) in [5.41, 5.74) is 1.24. The van der Waals surface area contributed by atoms with Gasteiger partial charge in [-0.1, -0.05) is 49.1 Å². The van der Waals surface area contributed by atoms with Crippen LogP contribution in [-0.4, -0.2) is 33.1 Å². The first kappa shape index (κ1) is 15.9. The molecule has 2 heterocycles. The van der Waals surface area contributed by atoms with E-state index in [1.807, 2.05) is 0 Å². The fraction of sp³-hybridized carbons (Fsp3) is 0.571. The van der Waals surface area contributed by atoms with Crippen LogP contribution in [0.5, 0.6) is 0 Å². The van der Waals surface area contributed by atoms with Crippen molar-refractivity contribution in [1.82, 2.24) is 9.80 Å². The average molecular weight is 329 g/mol. The Labute approximate surface area is 134 Å². The number of nitrogens with zero attached hydrogens (tertiary/aromatic N) is 2. The molecule has 3 nitrogen and oxygen atoms in total. The first-order valence-electron chi connectivity index (χ1n) is 6.92. The summed E-state index contributed by atoms with van der Waals surface area (Å²) in [4.78, 5) is 18.6. The van der Waals surface area contributed by atoms with Gasteiger partial charge in [0, 0.05) is 23.7 Å². The van der Waals surface area contributed by atoms with Crippen LogP contribution >= 0.6 is 35.7 Å². The predicted octanol–water partition coefficient (Wildman–Crippen LogP) is 4.14. The maximum absolute atomic E-state index is 12.6. The molecule has 20 heavy (non-hydrogen) atoms. The number of thiocarbonyl (C=S) groups is 1. The molecule has 2 aliphatic heterocycles. The van der Waals surface area contributed by atoms with Gasteiger partial charge in [-0.25, -0.2) is 0 Å².